The maximum atomic E-state index is 5.83. The minimum absolute atomic E-state index is 0.0197. The van der Waals surface area contributed by atoms with Gasteiger partial charge in [-0.2, -0.15) is 0 Å². The second kappa shape index (κ2) is 7.69. The van der Waals surface area contributed by atoms with Crippen LogP contribution in [0.3, 0.4) is 0 Å². The molecule has 2 N–H and O–H groups in total. The van der Waals surface area contributed by atoms with Crippen LogP contribution in [0, 0.1) is 0 Å². The van der Waals surface area contributed by atoms with Gasteiger partial charge in [0.05, 0.1) is 6.61 Å². The van der Waals surface area contributed by atoms with Gasteiger partial charge in [0.1, 0.15) is 12.4 Å². The highest BCUT2D eigenvalue weighted by atomic mass is 79.9. The van der Waals surface area contributed by atoms with Crippen LogP contribution in [-0.2, 0) is 4.74 Å². The quantitative estimate of drug-likeness (QED) is 0.786. The van der Waals surface area contributed by atoms with E-state index >= 15 is 0 Å². The molecule has 0 amide bonds. The van der Waals surface area contributed by atoms with Gasteiger partial charge in [0, 0.05) is 17.1 Å². The summed E-state index contributed by atoms with van der Waals surface area (Å²) in [6.45, 7) is 6.03. The molecule has 1 rings (SSSR count). The third-order valence-corrected chi connectivity index (χ3v) is 2.99. The molecular weight excluding hydrogens is 282 g/mol. The van der Waals surface area contributed by atoms with E-state index in [0.29, 0.717) is 13.2 Å². The first-order valence-electron chi connectivity index (χ1n) is 5.90. The normalized spacial score (nSPS) is 12.5. The minimum Gasteiger partial charge on any atom is -0.491 e. The minimum atomic E-state index is 0.0197. The molecule has 96 valence electrons. The molecule has 0 aliphatic carbocycles. The van der Waals surface area contributed by atoms with Crippen LogP contribution >= 0.6 is 15.9 Å². The SMILES string of the molecule is CCCOCCOc1ccc(C(C)N)c(Br)c1. The maximum Gasteiger partial charge on any atom is 0.120 e. The van der Waals surface area contributed by atoms with Gasteiger partial charge in [-0.25, -0.2) is 0 Å². The van der Waals surface area contributed by atoms with Gasteiger partial charge in [0.2, 0.25) is 0 Å². The van der Waals surface area contributed by atoms with E-state index in [1.807, 2.05) is 25.1 Å². The number of hydrogen-bond donors (Lipinski definition) is 1. The van der Waals surface area contributed by atoms with E-state index in [9.17, 15) is 0 Å². The van der Waals surface area contributed by atoms with Gasteiger partial charge in [0.25, 0.3) is 0 Å². The average Bonchev–Trinajstić information content (AvgIpc) is 2.28. The molecule has 0 fully saturated rings. The molecule has 0 saturated carbocycles. The zero-order valence-corrected chi connectivity index (χ0v) is 12.0. The summed E-state index contributed by atoms with van der Waals surface area (Å²) in [6, 6.07) is 5.88. The second-order valence-electron chi connectivity index (χ2n) is 3.93. The number of ether oxygens (including phenoxy) is 2. The molecule has 1 atom stereocenters. The maximum absolute atomic E-state index is 5.83. The lowest BCUT2D eigenvalue weighted by atomic mass is 10.1. The summed E-state index contributed by atoms with van der Waals surface area (Å²) in [5.74, 6) is 0.835. The summed E-state index contributed by atoms with van der Waals surface area (Å²) in [7, 11) is 0. The lowest BCUT2D eigenvalue weighted by molar-refractivity contribution is 0.101. The van der Waals surface area contributed by atoms with Crippen LogP contribution in [0.2, 0.25) is 0 Å². The Bertz CT molecular complexity index is 342. The fourth-order valence-corrected chi connectivity index (χ4v) is 2.15. The second-order valence-corrected chi connectivity index (χ2v) is 4.79. The van der Waals surface area contributed by atoms with E-state index in [1.54, 1.807) is 0 Å². The Kier molecular flexibility index (Phi) is 6.55. The molecule has 17 heavy (non-hydrogen) atoms. The number of halogens is 1. The van der Waals surface area contributed by atoms with Gasteiger partial charge in [-0.05, 0) is 31.0 Å². The van der Waals surface area contributed by atoms with Crippen molar-refractivity contribution < 1.29 is 9.47 Å². The van der Waals surface area contributed by atoms with Crippen LogP contribution in [0.1, 0.15) is 31.9 Å². The van der Waals surface area contributed by atoms with Gasteiger partial charge < -0.3 is 15.2 Å². The van der Waals surface area contributed by atoms with Crippen LogP contribution in [0.15, 0.2) is 22.7 Å². The van der Waals surface area contributed by atoms with Gasteiger partial charge in [0.15, 0.2) is 0 Å². The zero-order chi connectivity index (χ0) is 12.7. The highest BCUT2D eigenvalue weighted by Crippen LogP contribution is 2.26. The lowest BCUT2D eigenvalue weighted by Crippen LogP contribution is -2.08. The molecular formula is C13H20BrNO2. The van der Waals surface area contributed by atoms with Crippen molar-refractivity contribution in [2.45, 2.75) is 26.3 Å². The summed E-state index contributed by atoms with van der Waals surface area (Å²) in [4.78, 5) is 0. The van der Waals surface area contributed by atoms with Crippen LogP contribution < -0.4 is 10.5 Å². The van der Waals surface area contributed by atoms with E-state index in [1.165, 1.54) is 0 Å². The summed E-state index contributed by atoms with van der Waals surface area (Å²) in [5.41, 5.74) is 6.91. The van der Waals surface area contributed by atoms with Crippen molar-refractivity contribution in [3.8, 4) is 5.75 Å². The number of hydrogen-bond acceptors (Lipinski definition) is 3. The van der Waals surface area contributed by atoms with Gasteiger partial charge in [-0.1, -0.05) is 28.9 Å². The van der Waals surface area contributed by atoms with E-state index in [0.717, 1.165) is 28.8 Å². The molecule has 4 heteroatoms. The van der Waals surface area contributed by atoms with E-state index in [2.05, 4.69) is 22.9 Å². The molecule has 3 nitrogen and oxygen atoms in total. The predicted molar refractivity (Wildman–Crippen MR) is 73.3 cm³/mol. The number of rotatable bonds is 7. The molecule has 0 aliphatic heterocycles. The molecule has 0 radical (unpaired) electrons. The summed E-state index contributed by atoms with van der Waals surface area (Å²) < 4.78 is 11.9. The lowest BCUT2D eigenvalue weighted by Gasteiger charge is -2.11. The van der Waals surface area contributed by atoms with Crippen LogP contribution in [0.25, 0.3) is 0 Å². The van der Waals surface area contributed by atoms with E-state index < -0.39 is 0 Å². The molecule has 0 spiro atoms. The Balaban J connectivity index is 2.42. The monoisotopic (exact) mass is 301 g/mol. The first-order chi connectivity index (χ1) is 8.15. The summed E-state index contributed by atoms with van der Waals surface area (Å²) in [6.07, 6.45) is 1.04. The highest BCUT2D eigenvalue weighted by molar-refractivity contribution is 9.10. The van der Waals surface area contributed by atoms with Crippen molar-refractivity contribution in [1.82, 2.24) is 0 Å². The standard InChI is InChI=1S/C13H20BrNO2/c1-3-6-16-7-8-17-11-4-5-12(10(2)15)13(14)9-11/h4-5,9-10H,3,6-8,15H2,1-2H3. The van der Waals surface area contributed by atoms with Crippen molar-refractivity contribution in [1.29, 1.82) is 0 Å². The largest absolute Gasteiger partial charge is 0.491 e. The van der Waals surface area contributed by atoms with Crippen LogP contribution in [-0.4, -0.2) is 19.8 Å². The summed E-state index contributed by atoms with van der Waals surface area (Å²) >= 11 is 3.49. The highest BCUT2D eigenvalue weighted by Gasteiger charge is 2.05. The topological polar surface area (TPSA) is 44.5 Å². The Morgan fingerprint density at radius 2 is 2.06 bits per heavy atom. The molecule has 1 unspecified atom stereocenters. The van der Waals surface area contributed by atoms with E-state index in [4.69, 9.17) is 15.2 Å². The number of nitrogens with two attached hydrogens (primary N) is 1. The van der Waals surface area contributed by atoms with Gasteiger partial charge >= 0.3 is 0 Å². The third kappa shape index (κ3) is 5.06. The number of benzene rings is 1. The van der Waals surface area contributed by atoms with Crippen LogP contribution in [0.4, 0.5) is 0 Å². The molecule has 1 aromatic carbocycles. The smallest absolute Gasteiger partial charge is 0.120 e. The zero-order valence-electron chi connectivity index (χ0n) is 10.4. The van der Waals surface area contributed by atoms with Crippen LogP contribution in [0.5, 0.6) is 5.75 Å². The molecule has 0 bridgehead atoms. The van der Waals surface area contributed by atoms with Crippen molar-refractivity contribution in [3.05, 3.63) is 28.2 Å². The van der Waals surface area contributed by atoms with Gasteiger partial charge in [-0.3, -0.25) is 0 Å². The Morgan fingerprint density at radius 1 is 1.29 bits per heavy atom. The molecule has 1 aromatic rings. The third-order valence-electron chi connectivity index (χ3n) is 2.31. The first kappa shape index (κ1) is 14.5. The Hall–Kier alpha value is -0.580. The summed E-state index contributed by atoms with van der Waals surface area (Å²) in [5, 5.41) is 0. The van der Waals surface area contributed by atoms with E-state index in [-0.39, 0.29) is 6.04 Å². The fraction of sp³-hybridized carbons (Fsp3) is 0.538. The van der Waals surface area contributed by atoms with Gasteiger partial charge in [-0.15, -0.1) is 0 Å². The first-order valence-corrected chi connectivity index (χ1v) is 6.70. The fourth-order valence-electron chi connectivity index (χ4n) is 1.43. The molecule has 0 heterocycles. The molecule has 0 saturated heterocycles. The Morgan fingerprint density at radius 3 is 2.65 bits per heavy atom. The average molecular weight is 302 g/mol. The van der Waals surface area contributed by atoms with Crippen molar-refractivity contribution in [3.63, 3.8) is 0 Å². The van der Waals surface area contributed by atoms with Crippen molar-refractivity contribution in [2.24, 2.45) is 5.73 Å². The predicted octanol–water partition coefficient (Wildman–Crippen LogP) is 3.27. The van der Waals surface area contributed by atoms with Crippen molar-refractivity contribution >= 4 is 15.9 Å². The van der Waals surface area contributed by atoms with Crippen molar-refractivity contribution in [2.75, 3.05) is 19.8 Å². The molecule has 0 aliphatic rings. The Labute approximate surface area is 111 Å². The molecule has 0 aromatic heterocycles.